The highest BCUT2D eigenvalue weighted by atomic mass is 35.5. The van der Waals surface area contributed by atoms with E-state index < -0.39 is 12.1 Å². The summed E-state index contributed by atoms with van der Waals surface area (Å²) in [4.78, 5) is 6.43. The van der Waals surface area contributed by atoms with E-state index in [0.717, 1.165) is 28.1 Å². The highest BCUT2D eigenvalue weighted by Gasteiger charge is 2.41. The zero-order valence-corrected chi connectivity index (χ0v) is 20.3. The molecule has 0 bridgehead atoms. The molecular weight excluding hydrogens is 488 g/mol. The number of hydrogen-bond donors (Lipinski definition) is 1. The lowest BCUT2D eigenvalue weighted by molar-refractivity contribution is 0.222. The van der Waals surface area contributed by atoms with Crippen molar-refractivity contribution in [3.63, 3.8) is 0 Å². The molecule has 0 fully saturated rings. The van der Waals surface area contributed by atoms with E-state index >= 15 is 0 Å². The molecule has 4 aromatic rings. The van der Waals surface area contributed by atoms with Crippen molar-refractivity contribution in [3.8, 4) is 5.75 Å². The molecule has 1 N–H and O–H groups in total. The lowest BCUT2D eigenvalue weighted by atomic mass is 9.84. The van der Waals surface area contributed by atoms with Crippen LogP contribution in [0.3, 0.4) is 0 Å². The maximum absolute atomic E-state index is 14.4. The Kier molecular flexibility index (Phi) is 5.20. The number of halogens is 3. The van der Waals surface area contributed by atoms with E-state index in [1.165, 1.54) is 18.5 Å². The van der Waals surface area contributed by atoms with E-state index in [9.17, 15) is 4.39 Å². The molecule has 6 rings (SSSR count). The summed E-state index contributed by atoms with van der Waals surface area (Å²) in [5, 5.41) is 8.88. The van der Waals surface area contributed by atoms with Crippen LogP contribution in [0.4, 0.5) is 16.0 Å². The first-order valence-electron chi connectivity index (χ1n) is 11.0. The Morgan fingerprint density at radius 3 is 2.57 bits per heavy atom. The molecule has 35 heavy (non-hydrogen) atoms. The summed E-state index contributed by atoms with van der Waals surface area (Å²) in [7, 11) is 3.99. The fourth-order valence-electron chi connectivity index (χ4n) is 4.69. The molecule has 0 radical (unpaired) electrons. The number of nitrogens with one attached hydrogen (secondary N) is 1. The zero-order chi connectivity index (χ0) is 24.3. The number of rotatable bonds is 3. The molecule has 3 aromatic carbocycles. The second kappa shape index (κ2) is 8.29. The second-order valence-electron chi connectivity index (χ2n) is 8.68. The van der Waals surface area contributed by atoms with Gasteiger partial charge in [0.15, 0.2) is 0 Å². The van der Waals surface area contributed by atoms with Gasteiger partial charge in [-0.1, -0.05) is 41.4 Å². The van der Waals surface area contributed by atoms with Crippen molar-refractivity contribution >= 4 is 40.5 Å². The van der Waals surface area contributed by atoms with Crippen molar-refractivity contribution in [1.29, 1.82) is 0 Å². The van der Waals surface area contributed by atoms with E-state index in [0.29, 0.717) is 27.3 Å². The smallest absolute Gasteiger partial charge is 0.226 e. The highest BCUT2D eigenvalue weighted by molar-refractivity contribution is 6.35. The number of anilines is 2. The molecule has 0 spiro atoms. The van der Waals surface area contributed by atoms with Crippen LogP contribution >= 0.6 is 23.2 Å². The Morgan fingerprint density at radius 1 is 1.03 bits per heavy atom. The van der Waals surface area contributed by atoms with Crippen LogP contribution in [0.1, 0.15) is 28.8 Å². The Hall–Kier alpha value is -3.55. The van der Waals surface area contributed by atoms with Crippen molar-refractivity contribution in [2.24, 2.45) is 0 Å². The number of nitrogens with zero attached hydrogens (tertiary/aromatic N) is 4. The predicted octanol–water partition coefficient (Wildman–Crippen LogP) is 6.35. The Bertz CT molecular complexity index is 1480. The predicted molar refractivity (Wildman–Crippen MR) is 136 cm³/mol. The van der Waals surface area contributed by atoms with Gasteiger partial charge < -0.3 is 15.0 Å². The van der Waals surface area contributed by atoms with Gasteiger partial charge in [-0.15, -0.1) is 0 Å². The second-order valence-corrected chi connectivity index (χ2v) is 9.52. The van der Waals surface area contributed by atoms with Crippen LogP contribution in [-0.4, -0.2) is 28.9 Å². The maximum Gasteiger partial charge on any atom is 0.226 e. The SMILES string of the molecule is CN(C)c1ccc([C@H]2Oc3ccc(F)cc3C3=C2[C@@H](c2ccc(Cl)cc2Cl)n2ncnc2N3)cc1. The minimum Gasteiger partial charge on any atom is -0.480 e. The summed E-state index contributed by atoms with van der Waals surface area (Å²) in [5.74, 6) is 0.745. The van der Waals surface area contributed by atoms with Gasteiger partial charge in [0.25, 0.3) is 0 Å². The van der Waals surface area contributed by atoms with Crippen molar-refractivity contribution < 1.29 is 9.13 Å². The molecule has 3 heterocycles. The minimum atomic E-state index is -0.485. The number of aromatic nitrogens is 3. The molecule has 0 aliphatic carbocycles. The summed E-state index contributed by atoms with van der Waals surface area (Å²) in [5.41, 5.74) is 4.99. The van der Waals surface area contributed by atoms with Crippen LogP contribution in [0.15, 0.2) is 72.6 Å². The van der Waals surface area contributed by atoms with Gasteiger partial charge in [-0.2, -0.15) is 10.1 Å². The largest absolute Gasteiger partial charge is 0.480 e. The molecule has 176 valence electrons. The van der Waals surface area contributed by atoms with Gasteiger partial charge >= 0.3 is 0 Å². The fraction of sp³-hybridized carbons (Fsp3) is 0.154. The molecule has 0 saturated carbocycles. The average molecular weight is 508 g/mol. The summed E-state index contributed by atoms with van der Waals surface area (Å²) in [6, 6.07) is 17.6. The lowest BCUT2D eigenvalue weighted by Gasteiger charge is -2.39. The molecule has 2 aliphatic heterocycles. The van der Waals surface area contributed by atoms with Gasteiger partial charge in [-0.05, 0) is 53.6 Å². The molecule has 9 heteroatoms. The van der Waals surface area contributed by atoms with Gasteiger partial charge in [-0.25, -0.2) is 9.07 Å². The highest BCUT2D eigenvalue weighted by Crippen LogP contribution is 2.51. The third-order valence-corrected chi connectivity index (χ3v) is 6.91. The number of benzene rings is 3. The van der Waals surface area contributed by atoms with Crippen LogP contribution in [0, 0.1) is 5.82 Å². The summed E-state index contributed by atoms with van der Waals surface area (Å²) in [6.45, 7) is 0. The first-order valence-corrected chi connectivity index (χ1v) is 11.8. The molecule has 6 nitrogen and oxygen atoms in total. The normalized spacial score (nSPS) is 18.2. The van der Waals surface area contributed by atoms with Gasteiger partial charge in [0.2, 0.25) is 5.95 Å². The standard InChI is InChI=1S/C26H20Cl2FN5O/c1-33(2)17-7-3-14(4-8-17)25-22-23(19-12-16(29)6-10-21(19)35-25)32-26-30-13-31-34(26)24(22)18-9-5-15(27)11-20(18)28/h3-13,24-25H,1-2H3,(H,30,31,32)/t24-,25-/m1/s1. The van der Waals surface area contributed by atoms with Crippen molar-refractivity contribution in [2.75, 3.05) is 24.3 Å². The monoisotopic (exact) mass is 507 g/mol. The molecule has 0 saturated heterocycles. The molecule has 0 amide bonds. The van der Waals surface area contributed by atoms with Gasteiger partial charge in [0, 0.05) is 41.0 Å². The van der Waals surface area contributed by atoms with E-state index in [-0.39, 0.29) is 5.82 Å². The topological polar surface area (TPSA) is 55.2 Å². The van der Waals surface area contributed by atoms with Gasteiger partial charge in [0.1, 0.15) is 30.0 Å². The summed E-state index contributed by atoms with van der Waals surface area (Å²) in [6.07, 6.45) is 0.993. The third kappa shape index (κ3) is 3.63. The van der Waals surface area contributed by atoms with Crippen LogP contribution in [-0.2, 0) is 0 Å². The molecule has 1 aromatic heterocycles. The average Bonchev–Trinajstić information content (AvgIpc) is 3.31. The van der Waals surface area contributed by atoms with Crippen LogP contribution in [0.2, 0.25) is 10.0 Å². The van der Waals surface area contributed by atoms with E-state index in [1.54, 1.807) is 22.9 Å². The minimum absolute atomic E-state index is 0.358. The number of hydrogen-bond acceptors (Lipinski definition) is 5. The summed E-state index contributed by atoms with van der Waals surface area (Å²) >= 11 is 12.9. The van der Waals surface area contributed by atoms with Gasteiger partial charge in [-0.3, -0.25) is 0 Å². The summed E-state index contributed by atoms with van der Waals surface area (Å²) < 4.78 is 22.7. The van der Waals surface area contributed by atoms with E-state index in [4.69, 9.17) is 27.9 Å². The van der Waals surface area contributed by atoms with Crippen molar-refractivity contribution in [2.45, 2.75) is 12.1 Å². The van der Waals surface area contributed by atoms with E-state index in [2.05, 4.69) is 15.4 Å². The van der Waals surface area contributed by atoms with Crippen LogP contribution < -0.4 is 15.0 Å². The van der Waals surface area contributed by atoms with Gasteiger partial charge in [0.05, 0.1) is 5.70 Å². The third-order valence-electron chi connectivity index (χ3n) is 6.35. The first kappa shape index (κ1) is 21.9. The van der Waals surface area contributed by atoms with E-state index in [1.807, 2.05) is 49.3 Å². The molecule has 2 aliphatic rings. The maximum atomic E-state index is 14.4. The number of ether oxygens (including phenoxy) is 1. The molecule has 0 unspecified atom stereocenters. The Morgan fingerprint density at radius 2 is 1.83 bits per heavy atom. The Balaban J connectivity index is 1.61. The molecule has 2 atom stereocenters. The quantitative estimate of drug-likeness (QED) is 0.350. The van der Waals surface area contributed by atoms with Crippen molar-refractivity contribution in [1.82, 2.24) is 14.8 Å². The number of fused-ring (bicyclic) bond motifs is 3. The first-order chi connectivity index (χ1) is 16.9. The molecular formula is C26H20Cl2FN5O. The van der Waals surface area contributed by atoms with Crippen LogP contribution in [0.5, 0.6) is 5.75 Å². The van der Waals surface area contributed by atoms with Crippen LogP contribution in [0.25, 0.3) is 5.70 Å². The zero-order valence-electron chi connectivity index (χ0n) is 18.8. The lowest BCUT2D eigenvalue weighted by Crippen LogP contribution is -2.32. The Labute approximate surface area is 211 Å². The fourth-order valence-corrected chi connectivity index (χ4v) is 5.20. The van der Waals surface area contributed by atoms with Crippen molar-refractivity contribution in [3.05, 3.63) is 105 Å².